The number of aliphatic carboxylic acids is 1. The molecule has 2 aromatic rings. The maximum Gasteiger partial charge on any atom is 0.314 e. The highest BCUT2D eigenvalue weighted by molar-refractivity contribution is 5.77. The molecule has 2 heterocycles. The zero-order valence-electron chi connectivity index (χ0n) is 16.8. The predicted octanol–water partition coefficient (Wildman–Crippen LogP) is 2.46. The maximum absolute atomic E-state index is 12.4. The van der Waals surface area contributed by atoms with E-state index in [4.69, 9.17) is 4.74 Å². The first-order valence-corrected chi connectivity index (χ1v) is 9.48. The molecule has 3 rings (SSSR count). The van der Waals surface area contributed by atoms with Gasteiger partial charge in [0.15, 0.2) is 0 Å². The van der Waals surface area contributed by atoms with Gasteiger partial charge < -0.3 is 19.8 Å². The molecule has 1 aromatic heterocycles. The third kappa shape index (κ3) is 3.89. The standard InChI is InChI=1S/C22H25N3O4/c1-14-9-20(24-15(2)18(14)12-23)25-8-7-19(26)22(13-25,21(27)28)11-16-5-4-6-17(10-16)29-3/h4-6,9-10,19,26H,7-8,11,13H2,1-3H3,(H,27,28)/t19-,22-/m1/s1. The van der Waals surface area contributed by atoms with Crippen molar-refractivity contribution in [3.8, 4) is 11.8 Å². The number of carboxylic acid groups (broad SMARTS) is 1. The predicted molar refractivity (Wildman–Crippen MR) is 108 cm³/mol. The number of nitrogens with zero attached hydrogens (tertiary/aromatic N) is 3. The van der Waals surface area contributed by atoms with Gasteiger partial charge in [-0.2, -0.15) is 5.26 Å². The minimum absolute atomic E-state index is 0.124. The number of nitriles is 1. The number of aliphatic hydroxyl groups excluding tert-OH is 1. The van der Waals surface area contributed by atoms with Crippen molar-refractivity contribution in [3.05, 3.63) is 52.7 Å². The van der Waals surface area contributed by atoms with Crippen molar-refractivity contribution >= 4 is 11.8 Å². The van der Waals surface area contributed by atoms with Crippen molar-refractivity contribution in [1.82, 2.24) is 4.98 Å². The van der Waals surface area contributed by atoms with Gasteiger partial charge in [0.05, 0.1) is 24.5 Å². The molecule has 0 aliphatic carbocycles. The van der Waals surface area contributed by atoms with Crippen molar-refractivity contribution in [2.75, 3.05) is 25.1 Å². The van der Waals surface area contributed by atoms with Crippen LogP contribution in [-0.2, 0) is 11.2 Å². The number of aromatic nitrogens is 1. The van der Waals surface area contributed by atoms with Crippen molar-refractivity contribution in [2.45, 2.75) is 32.8 Å². The van der Waals surface area contributed by atoms with Crippen LogP contribution in [0.1, 0.15) is 28.8 Å². The molecule has 1 saturated heterocycles. The van der Waals surface area contributed by atoms with Gasteiger partial charge in [0.2, 0.25) is 0 Å². The molecular weight excluding hydrogens is 370 g/mol. The van der Waals surface area contributed by atoms with Crippen LogP contribution in [0.25, 0.3) is 0 Å². The van der Waals surface area contributed by atoms with Crippen LogP contribution in [0.3, 0.4) is 0 Å². The smallest absolute Gasteiger partial charge is 0.314 e. The topological polar surface area (TPSA) is 107 Å². The monoisotopic (exact) mass is 395 g/mol. The normalized spacial score (nSPS) is 21.5. The highest BCUT2D eigenvalue weighted by Crippen LogP contribution is 2.37. The van der Waals surface area contributed by atoms with E-state index in [1.165, 1.54) is 0 Å². The first-order chi connectivity index (χ1) is 13.8. The Hall–Kier alpha value is -3.11. The molecule has 1 aliphatic rings. The van der Waals surface area contributed by atoms with Gasteiger partial charge in [-0.25, -0.2) is 4.98 Å². The Kier molecular flexibility index (Phi) is 5.76. The van der Waals surface area contributed by atoms with Gasteiger partial charge in [-0.1, -0.05) is 12.1 Å². The lowest BCUT2D eigenvalue weighted by Gasteiger charge is -2.44. The lowest BCUT2D eigenvalue weighted by Crippen LogP contribution is -2.57. The number of methoxy groups -OCH3 is 1. The Labute approximate surface area is 170 Å². The average Bonchev–Trinajstić information content (AvgIpc) is 2.69. The van der Waals surface area contributed by atoms with Crippen LogP contribution in [0, 0.1) is 30.6 Å². The van der Waals surface area contributed by atoms with Crippen LogP contribution in [0.4, 0.5) is 5.82 Å². The summed E-state index contributed by atoms with van der Waals surface area (Å²) in [4.78, 5) is 18.8. The van der Waals surface area contributed by atoms with Crippen LogP contribution in [0.15, 0.2) is 30.3 Å². The highest BCUT2D eigenvalue weighted by atomic mass is 16.5. The van der Waals surface area contributed by atoms with E-state index in [0.29, 0.717) is 35.8 Å². The van der Waals surface area contributed by atoms with Gasteiger partial charge in [-0.05, 0) is 56.0 Å². The number of carbonyl (C=O) groups is 1. The number of benzene rings is 1. The zero-order chi connectivity index (χ0) is 21.2. The molecule has 0 bridgehead atoms. The van der Waals surface area contributed by atoms with Crippen molar-refractivity contribution in [3.63, 3.8) is 0 Å². The van der Waals surface area contributed by atoms with Gasteiger partial charge >= 0.3 is 5.97 Å². The Morgan fingerprint density at radius 1 is 1.41 bits per heavy atom. The molecule has 1 fully saturated rings. The van der Waals surface area contributed by atoms with Crippen LogP contribution in [0.5, 0.6) is 5.75 Å². The molecule has 7 heteroatoms. The number of rotatable bonds is 5. The molecule has 0 unspecified atom stereocenters. The van der Waals surface area contributed by atoms with E-state index in [0.717, 1.165) is 11.1 Å². The van der Waals surface area contributed by atoms with E-state index in [-0.39, 0.29) is 13.0 Å². The summed E-state index contributed by atoms with van der Waals surface area (Å²) in [5.41, 5.74) is 1.36. The van der Waals surface area contributed by atoms with Gasteiger partial charge in [-0.15, -0.1) is 0 Å². The van der Waals surface area contributed by atoms with E-state index in [2.05, 4.69) is 11.1 Å². The minimum Gasteiger partial charge on any atom is -0.497 e. The quantitative estimate of drug-likeness (QED) is 0.801. The van der Waals surface area contributed by atoms with Crippen molar-refractivity contribution < 1.29 is 19.7 Å². The largest absolute Gasteiger partial charge is 0.497 e. The molecule has 29 heavy (non-hydrogen) atoms. The number of piperidine rings is 1. The molecule has 0 saturated carbocycles. The average molecular weight is 395 g/mol. The van der Waals surface area contributed by atoms with Crippen LogP contribution in [-0.4, -0.2) is 47.5 Å². The minimum atomic E-state index is -1.37. The van der Waals surface area contributed by atoms with Crippen LogP contribution < -0.4 is 9.64 Å². The number of pyridine rings is 1. The molecule has 152 valence electrons. The molecule has 2 N–H and O–H groups in total. The summed E-state index contributed by atoms with van der Waals surface area (Å²) in [5, 5.41) is 30.1. The molecular formula is C22H25N3O4. The summed E-state index contributed by atoms with van der Waals surface area (Å²) in [7, 11) is 1.56. The Morgan fingerprint density at radius 3 is 2.79 bits per heavy atom. The van der Waals surface area contributed by atoms with Crippen LogP contribution in [0.2, 0.25) is 0 Å². The second-order valence-corrected chi connectivity index (χ2v) is 7.59. The van der Waals surface area contributed by atoms with Crippen LogP contribution >= 0.6 is 0 Å². The number of ether oxygens (including phenoxy) is 1. The summed E-state index contributed by atoms with van der Waals surface area (Å²) in [5.74, 6) is 0.229. The Morgan fingerprint density at radius 2 is 2.17 bits per heavy atom. The first-order valence-electron chi connectivity index (χ1n) is 9.48. The van der Waals surface area contributed by atoms with Gasteiger partial charge in [0, 0.05) is 13.1 Å². The number of aryl methyl sites for hydroxylation is 2. The zero-order valence-corrected chi connectivity index (χ0v) is 16.8. The third-order valence-corrected chi connectivity index (χ3v) is 5.68. The lowest BCUT2D eigenvalue weighted by molar-refractivity contribution is -0.157. The maximum atomic E-state index is 12.4. The molecule has 1 aromatic carbocycles. The van der Waals surface area contributed by atoms with E-state index < -0.39 is 17.5 Å². The highest BCUT2D eigenvalue weighted by Gasteiger charge is 2.49. The SMILES string of the molecule is COc1cccc(C[C@@]2(C(=O)O)CN(c3cc(C)c(C#N)c(C)n3)CC[C@H]2O)c1. The molecule has 7 nitrogen and oxygen atoms in total. The number of aliphatic hydroxyl groups is 1. The van der Waals surface area contributed by atoms with Crippen molar-refractivity contribution in [1.29, 1.82) is 5.26 Å². The van der Waals surface area contributed by atoms with Gasteiger partial charge in [-0.3, -0.25) is 4.79 Å². The van der Waals surface area contributed by atoms with Gasteiger partial charge in [0.1, 0.15) is 23.1 Å². The summed E-state index contributed by atoms with van der Waals surface area (Å²) < 4.78 is 5.25. The summed E-state index contributed by atoms with van der Waals surface area (Å²) in [6, 6.07) is 11.2. The fourth-order valence-corrected chi connectivity index (χ4v) is 4.02. The lowest BCUT2D eigenvalue weighted by atomic mass is 9.72. The summed E-state index contributed by atoms with van der Waals surface area (Å²) in [6.45, 7) is 4.23. The van der Waals surface area contributed by atoms with E-state index >= 15 is 0 Å². The fraction of sp³-hybridized carbons (Fsp3) is 0.409. The molecule has 0 amide bonds. The van der Waals surface area contributed by atoms with Crippen molar-refractivity contribution in [2.24, 2.45) is 5.41 Å². The Bertz CT molecular complexity index is 946. The van der Waals surface area contributed by atoms with E-state index in [1.807, 2.05) is 24.0 Å². The Balaban J connectivity index is 1.97. The summed E-state index contributed by atoms with van der Waals surface area (Å²) in [6.07, 6.45) is -0.496. The molecule has 2 atom stereocenters. The molecule has 1 aliphatic heterocycles. The second-order valence-electron chi connectivity index (χ2n) is 7.59. The van der Waals surface area contributed by atoms with Gasteiger partial charge in [0.25, 0.3) is 0 Å². The number of hydrogen-bond donors (Lipinski definition) is 2. The van der Waals surface area contributed by atoms with E-state index in [1.54, 1.807) is 32.2 Å². The number of anilines is 1. The number of hydrogen-bond acceptors (Lipinski definition) is 6. The molecule has 0 radical (unpaired) electrons. The number of carboxylic acids is 1. The second kappa shape index (κ2) is 8.10. The molecule has 0 spiro atoms. The summed E-state index contributed by atoms with van der Waals surface area (Å²) >= 11 is 0. The fourth-order valence-electron chi connectivity index (χ4n) is 4.02. The van der Waals surface area contributed by atoms with E-state index in [9.17, 15) is 20.3 Å². The first kappa shape index (κ1) is 20.6. The third-order valence-electron chi connectivity index (χ3n) is 5.68.